The Morgan fingerprint density at radius 3 is 2.62 bits per heavy atom. The largest absolute Gasteiger partial charge is 0.496 e. The normalized spacial score (nSPS) is 19.2. The van der Waals surface area contributed by atoms with Gasteiger partial charge in [-0.2, -0.15) is 0 Å². The Bertz CT molecular complexity index is 493. The Hall–Kier alpha value is -1.71. The zero-order valence-corrected chi connectivity index (χ0v) is 13.4. The molecular formula is C17H25NO3. The number of para-hydroxylation sites is 1. The molecule has 1 atom stereocenters. The van der Waals surface area contributed by atoms with E-state index >= 15 is 0 Å². The molecule has 0 bridgehead atoms. The molecule has 0 saturated carbocycles. The van der Waals surface area contributed by atoms with Crippen molar-refractivity contribution in [3.8, 4) is 5.75 Å². The van der Waals surface area contributed by atoms with Crippen molar-refractivity contribution in [3.63, 3.8) is 0 Å². The standard InChI is InChI=1S/C17H25NO3/c1-17(2,3)21-16(19)18-12-8-7-10-14(18)13-9-5-6-11-15(13)20-4/h5-6,9,11,14H,7-8,10,12H2,1-4H3/t14-/m1/s1. The summed E-state index contributed by atoms with van der Waals surface area (Å²) in [5.41, 5.74) is 0.588. The Labute approximate surface area is 127 Å². The summed E-state index contributed by atoms with van der Waals surface area (Å²) in [5.74, 6) is 0.831. The minimum Gasteiger partial charge on any atom is -0.496 e. The summed E-state index contributed by atoms with van der Waals surface area (Å²) in [5, 5.41) is 0. The lowest BCUT2D eigenvalue weighted by Crippen LogP contribution is -2.41. The number of nitrogens with zero attached hydrogens (tertiary/aromatic N) is 1. The van der Waals surface area contributed by atoms with Crippen LogP contribution in [-0.4, -0.2) is 30.2 Å². The molecule has 1 amide bonds. The molecule has 1 heterocycles. The van der Waals surface area contributed by atoms with Crippen LogP contribution in [0.4, 0.5) is 4.79 Å². The van der Waals surface area contributed by atoms with Crippen molar-refractivity contribution in [1.82, 2.24) is 4.90 Å². The van der Waals surface area contributed by atoms with Gasteiger partial charge in [0.05, 0.1) is 13.2 Å². The van der Waals surface area contributed by atoms with Crippen LogP contribution < -0.4 is 4.74 Å². The second-order valence-corrected chi connectivity index (χ2v) is 6.43. The van der Waals surface area contributed by atoms with Gasteiger partial charge >= 0.3 is 6.09 Å². The maximum absolute atomic E-state index is 12.5. The van der Waals surface area contributed by atoms with E-state index in [1.807, 2.05) is 49.9 Å². The highest BCUT2D eigenvalue weighted by Crippen LogP contribution is 2.36. The number of methoxy groups -OCH3 is 1. The summed E-state index contributed by atoms with van der Waals surface area (Å²) >= 11 is 0. The lowest BCUT2D eigenvalue weighted by molar-refractivity contribution is 0.00929. The van der Waals surface area contributed by atoms with Crippen molar-refractivity contribution in [3.05, 3.63) is 29.8 Å². The van der Waals surface area contributed by atoms with Crippen LogP contribution in [0, 0.1) is 0 Å². The Kier molecular flexibility index (Phi) is 4.76. The summed E-state index contributed by atoms with van der Waals surface area (Å²) in [6.07, 6.45) is 2.84. The third-order valence-corrected chi connectivity index (χ3v) is 3.63. The van der Waals surface area contributed by atoms with E-state index in [0.717, 1.165) is 37.1 Å². The molecule has 21 heavy (non-hydrogen) atoms. The first-order valence-corrected chi connectivity index (χ1v) is 7.55. The molecule has 0 spiro atoms. The number of ether oxygens (including phenoxy) is 2. The SMILES string of the molecule is COc1ccccc1[C@H]1CCCCN1C(=O)OC(C)(C)C. The van der Waals surface area contributed by atoms with Crippen molar-refractivity contribution in [1.29, 1.82) is 0 Å². The van der Waals surface area contributed by atoms with Crippen LogP contribution >= 0.6 is 0 Å². The molecule has 1 aliphatic rings. The number of hydrogen-bond acceptors (Lipinski definition) is 3. The maximum atomic E-state index is 12.5. The van der Waals surface area contributed by atoms with Crippen LogP contribution in [0.2, 0.25) is 0 Å². The molecule has 0 radical (unpaired) electrons. The molecule has 1 aromatic carbocycles. The molecule has 0 N–H and O–H groups in total. The van der Waals surface area contributed by atoms with Gasteiger partial charge in [0.2, 0.25) is 0 Å². The van der Waals surface area contributed by atoms with E-state index in [0.29, 0.717) is 0 Å². The highest BCUT2D eigenvalue weighted by atomic mass is 16.6. The Balaban J connectivity index is 2.25. The minimum atomic E-state index is -0.472. The van der Waals surface area contributed by atoms with Crippen molar-refractivity contribution < 1.29 is 14.3 Å². The Morgan fingerprint density at radius 2 is 1.95 bits per heavy atom. The molecule has 2 rings (SSSR count). The molecule has 4 heteroatoms. The van der Waals surface area contributed by atoms with Crippen LogP contribution in [0.3, 0.4) is 0 Å². The first-order valence-electron chi connectivity index (χ1n) is 7.55. The lowest BCUT2D eigenvalue weighted by atomic mass is 9.95. The molecule has 1 saturated heterocycles. The number of piperidine rings is 1. The predicted octanol–water partition coefficient (Wildman–Crippen LogP) is 4.16. The molecular weight excluding hydrogens is 266 g/mol. The molecule has 4 nitrogen and oxygen atoms in total. The highest BCUT2D eigenvalue weighted by Gasteiger charge is 2.32. The van der Waals surface area contributed by atoms with Crippen LogP contribution in [0.5, 0.6) is 5.75 Å². The highest BCUT2D eigenvalue weighted by molar-refractivity contribution is 5.69. The second-order valence-electron chi connectivity index (χ2n) is 6.43. The number of carbonyl (C=O) groups is 1. The molecule has 0 aliphatic carbocycles. The number of carbonyl (C=O) groups excluding carboxylic acids is 1. The van der Waals surface area contributed by atoms with Crippen LogP contribution in [0.15, 0.2) is 24.3 Å². The molecule has 1 aliphatic heterocycles. The van der Waals surface area contributed by atoms with Gasteiger partial charge in [-0.25, -0.2) is 4.79 Å². The third kappa shape index (κ3) is 3.90. The fraction of sp³-hybridized carbons (Fsp3) is 0.588. The van der Waals surface area contributed by atoms with Gasteiger partial charge in [-0.15, -0.1) is 0 Å². The van der Waals surface area contributed by atoms with Gasteiger partial charge in [0.1, 0.15) is 11.4 Å². The van der Waals surface area contributed by atoms with E-state index in [1.165, 1.54) is 0 Å². The molecule has 0 aromatic heterocycles. The van der Waals surface area contributed by atoms with Crippen molar-refractivity contribution in [2.24, 2.45) is 0 Å². The van der Waals surface area contributed by atoms with Crippen molar-refractivity contribution >= 4 is 6.09 Å². The zero-order valence-electron chi connectivity index (χ0n) is 13.4. The second kappa shape index (κ2) is 6.37. The molecule has 116 valence electrons. The summed E-state index contributed by atoms with van der Waals surface area (Å²) in [4.78, 5) is 14.3. The zero-order chi connectivity index (χ0) is 15.5. The fourth-order valence-corrected chi connectivity index (χ4v) is 2.74. The Morgan fingerprint density at radius 1 is 1.24 bits per heavy atom. The molecule has 1 aromatic rings. The maximum Gasteiger partial charge on any atom is 0.410 e. The van der Waals surface area contributed by atoms with E-state index in [-0.39, 0.29) is 12.1 Å². The molecule has 0 unspecified atom stereocenters. The van der Waals surface area contributed by atoms with E-state index in [1.54, 1.807) is 7.11 Å². The van der Waals surface area contributed by atoms with Crippen LogP contribution in [0.25, 0.3) is 0 Å². The predicted molar refractivity (Wildman–Crippen MR) is 82.5 cm³/mol. The van der Waals surface area contributed by atoms with Gasteiger partial charge < -0.3 is 14.4 Å². The van der Waals surface area contributed by atoms with Crippen LogP contribution in [0.1, 0.15) is 51.6 Å². The van der Waals surface area contributed by atoms with Crippen molar-refractivity contribution in [2.75, 3.05) is 13.7 Å². The minimum absolute atomic E-state index is 0.0322. The van der Waals surface area contributed by atoms with Gasteiger partial charge in [0.15, 0.2) is 0 Å². The number of hydrogen-bond donors (Lipinski definition) is 0. The topological polar surface area (TPSA) is 38.8 Å². The first kappa shape index (κ1) is 15.7. The third-order valence-electron chi connectivity index (χ3n) is 3.63. The van der Waals surface area contributed by atoms with Crippen LogP contribution in [-0.2, 0) is 4.74 Å². The number of amides is 1. The fourth-order valence-electron chi connectivity index (χ4n) is 2.74. The van der Waals surface area contributed by atoms with E-state index < -0.39 is 5.60 Å². The van der Waals surface area contributed by atoms with E-state index in [2.05, 4.69) is 0 Å². The summed E-state index contributed by atoms with van der Waals surface area (Å²) in [6, 6.07) is 7.94. The summed E-state index contributed by atoms with van der Waals surface area (Å²) in [6.45, 7) is 6.42. The monoisotopic (exact) mass is 291 g/mol. The van der Waals surface area contributed by atoms with Gasteiger partial charge in [-0.05, 0) is 46.1 Å². The quantitative estimate of drug-likeness (QED) is 0.821. The van der Waals surface area contributed by atoms with Gasteiger partial charge in [-0.3, -0.25) is 0 Å². The average molecular weight is 291 g/mol. The van der Waals surface area contributed by atoms with Gasteiger partial charge in [0, 0.05) is 12.1 Å². The average Bonchev–Trinajstić information content (AvgIpc) is 2.45. The number of benzene rings is 1. The lowest BCUT2D eigenvalue weighted by Gasteiger charge is -2.37. The first-order chi connectivity index (χ1) is 9.92. The smallest absolute Gasteiger partial charge is 0.410 e. The van der Waals surface area contributed by atoms with Gasteiger partial charge in [0.25, 0.3) is 0 Å². The summed E-state index contributed by atoms with van der Waals surface area (Å²) in [7, 11) is 1.67. The number of likely N-dealkylation sites (tertiary alicyclic amines) is 1. The van der Waals surface area contributed by atoms with E-state index in [4.69, 9.17) is 9.47 Å². The van der Waals surface area contributed by atoms with E-state index in [9.17, 15) is 4.79 Å². The summed E-state index contributed by atoms with van der Waals surface area (Å²) < 4.78 is 11.0. The molecule has 1 fully saturated rings. The number of rotatable bonds is 2. The van der Waals surface area contributed by atoms with Crippen molar-refractivity contribution in [2.45, 2.75) is 51.7 Å². The van der Waals surface area contributed by atoms with Gasteiger partial charge in [-0.1, -0.05) is 18.2 Å².